The van der Waals surface area contributed by atoms with Crippen molar-refractivity contribution in [3.63, 3.8) is 0 Å². The minimum Gasteiger partial charge on any atom is -0.488 e. The van der Waals surface area contributed by atoms with Gasteiger partial charge in [0.2, 0.25) is 0 Å². The first-order valence-electron chi connectivity index (χ1n) is 10.2. The number of carbonyl (C=O) groups excluding carboxylic acids is 2. The van der Waals surface area contributed by atoms with Gasteiger partial charge in [0, 0.05) is 10.6 Å². The second-order valence-electron chi connectivity index (χ2n) is 8.03. The second kappa shape index (κ2) is 7.73. The molecule has 1 aliphatic heterocycles. The molecule has 1 heterocycles. The molecule has 4 aliphatic rings. The van der Waals surface area contributed by atoms with Crippen LogP contribution in [0, 0.1) is 23.7 Å². The first-order chi connectivity index (χ1) is 14.6. The lowest BCUT2D eigenvalue weighted by Crippen LogP contribution is -2.38. The van der Waals surface area contributed by atoms with Crippen LogP contribution in [-0.4, -0.2) is 23.0 Å². The van der Waals surface area contributed by atoms with Crippen molar-refractivity contribution in [1.82, 2.24) is 5.01 Å². The number of hydrogen-bond acceptors (Lipinski definition) is 4. The van der Waals surface area contributed by atoms with Crippen LogP contribution >= 0.6 is 11.6 Å². The van der Waals surface area contributed by atoms with Gasteiger partial charge in [0.25, 0.3) is 11.8 Å². The summed E-state index contributed by atoms with van der Waals surface area (Å²) in [5.41, 5.74) is 1.65. The van der Waals surface area contributed by atoms with E-state index >= 15 is 0 Å². The Morgan fingerprint density at radius 1 is 1.00 bits per heavy atom. The number of imide groups is 1. The number of hydrazone groups is 1. The zero-order chi connectivity index (χ0) is 20.7. The lowest BCUT2D eigenvalue weighted by Gasteiger charge is -2.37. The van der Waals surface area contributed by atoms with Crippen LogP contribution in [0.2, 0.25) is 5.02 Å². The van der Waals surface area contributed by atoms with E-state index in [1.165, 1.54) is 6.21 Å². The predicted molar refractivity (Wildman–Crippen MR) is 114 cm³/mol. The highest BCUT2D eigenvalue weighted by Crippen LogP contribution is 2.49. The van der Waals surface area contributed by atoms with E-state index < -0.39 is 0 Å². The Balaban J connectivity index is 1.34. The number of fused-ring (bicyclic) bond motifs is 1. The summed E-state index contributed by atoms with van der Waals surface area (Å²) in [4.78, 5) is 25.8. The zero-order valence-electron chi connectivity index (χ0n) is 16.3. The van der Waals surface area contributed by atoms with Gasteiger partial charge in [0.15, 0.2) is 0 Å². The molecule has 0 radical (unpaired) electrons. The third-order valence-corrected chi connectivity index (χ3v) is 6.49. The third kappa shape index (κ3) is 3.33. The maximum atomic E-state index is 12.9. The molecule has 1 saturated heterocycles. The lowest BCUT2D eigenvalue weighted by atomic mass is 9.63. The van der Waals surface area contributed by atoms with E-state index in [1.807, 2.05) is 48.5 Å². The fourth-order valence-electron chi connectivity index (χ4n) is 4.80. The minimum absolute atomic E-state index is 0.157. The van der Waals surface area contributed by atoms with E-state index in [1.54, 1.807) is 0 Å². The van der Waals surface area contributed by atoms with Gasteiger partial charge in [-0.1, -0.05) is 48.0 Å². The molecule has 0 aromatic heterocycles. The molecule has 30 heavy (non-hydrogen) atoms. The normalized spacial score (nSPS) is 27.2. The molecule has 4 atom stereocenters. The van der Waals surface area contributed by atoms with Crippen molar-refractivity contribution in [1.29, 1.82) is 0 Å². The van der Waals surface area contributed by atoms with Crippen LogP contribution in [0.25, 0.3) is 0 Å². The molecule has 2 aromatic rings. The Bertz CT molecular complexity index is 1030. The number of nitrogens with zero attached hydrogens (tertiary/aromatic N) is 2. The first kappa shape index (κ1) is 19.1. The number of amides is 2. The van der Waals surface area contributed by atoms with Gasteiger partial charge in [0.1, 0.15) is 12.4 Å². The molecule has 2 fully saturated rings. The number of carbonyl (C=O) groups is 2. The summed E-state index contributed by atoms with van der Waals surface area (Å²) in [7, 11) is 0. The van der Waals surface area contributed by atoms with E-state index in [0.29, 0.717) is 22.9 Å². The Labute approximate surface area is 180 Å². The monoisotopic (exact) mass is 420 g/mol. The summed E-state index contributed by atoms with van der Waals surface area (Å²) in [5, 5.41) is 6.01. The van der Waals surface area contributed by atoms with Gasteiger partial charge in [-0.25, -0.2) is 0 Å². The molecule has 0 spiro atoms. The molecule has 2 bridgehead atoms. The molecule has 2 amide bonds. The maximum Gasteiger partial charge on any atom is 0.254 e. The fourth-order valence-corrected chi connectivity index (χ4v) is 5.01. The highest BCUT2D eigenvalue weighted by Gasteiger charge is 2.56. The van der Waals surface area contributed by atoms with Crippen molar-refractivity contribution in [3.8, 4) is 5.75 Å². The van der Waals surface area contributed by atoms with Gasteiger partial charge < -0.3 is 4.74 Å². The number of rotatable bonds is 5. The van der Waals surface area contributed by atoms with E-state index in [4.69, 9.17) is 16.3 Å². The molecule has 1 saturated carbocycles. The minimum atomic E-state index is -0.257. The molecule has 6 heteroatoms. The van der Waals surface area contributed by atoms with E-state index in [9.17, 15) is 9.59 Å². The van der Waals surface area contributed by atoms with Crippen LogP contribution in [-0.2, 0) is 16.2 Å². The van der Waals surface area contributed by atoms with Crippen LogP contribution in [0.1, 0.15) is 24.0 Å². The molecule has 3 aliphatic carbocycles. The maximum absolute atomic E-state index is 12.9. The fraction of sp³-hybridized carbons (Fsp3) is 0.292. The molecule has 0 N–H and O–H groups in total. The molecule has 152 valence electrons. The van der Waals surface area contributed by atoms with Gasteiger partial charge in [-0.05, 0) is 54.5 Å². The van der Waals surface area contributed by atoms with E-state index in [-0.39, 0.29) is 35.5 Å². The summed E-state index contributed by atoms with van der Waals surface area (Å²) in [6, 6.07) is 14.9. The largest absolute Gasteiger partial charge is 0.488 e. The van der Waals surface area contributed by atoms with Crippen molar-refractivity contribution in [2.45, 2.75) is 19.4 Å². The molecule has 0 unspecified atom stereocenters. The number of benzene rings is 2. The molecule has 2 aromatic carbocycles. The number of para-hydroxylation sites is 1. The van der Waals surface area contributed by atoms with Gasteiger partial charge in [0.05, 0.1) is 18.1 Å². The Morgan fingerprint density at radius 2 is 1.70 bits per heavy atom. The van der Waals surface area contributed by atoms with Gasteiger partial charge in [-0.15, -0.1) is 0 Å². The summed E-state index contributed by atoms with van der Waals surface area (Å²) in [6.07, 6.45) is 7.69. The number of halogens is 1. The molecular formula is C24H21ClN2O3. The van der Waals surface area contributed by atoms with E-state index in [2.05, 4.69) is 17.3 Å². The third-order valence-electron chi connectivity index (χ3n) is 6.25. The van der Waals surface area contributed by atoms with Crippen molar-refractivity contribution >= 4 is 29.6 Å². The average molecular weight is 421 g/mol. The molecule has 5 nitrogen and oxygen atoms in total. The van der Waals surface area contributed by atoms with Crippen molar-refractivity contribution in [2.24, 2.45) is 28.8 Å². The van der Waals surface area contributed by atoms with Crippen LogP contribution in [0.4, 0.5) is 0 Å². The van der Waals surface area contributed by atoms with Crippen molar-refractivity contribution < 1.29 is 14.3 Å². The van der Waals surface area contributed by atoms with Crippen LogP contribution in [0.15, 0.2) is 65.8 Å². The second-order valence-corrected chi connectivity index (χ2v) is 8.47. The predicted octanol–water partition coefficient (Wildman–Crippen LogP) is 4.45. The van der Waals surface area contributed by atoms with Crippen molar-refractivity contribution in [3.05, 3.63) is 76.8 Å². The molecular weight excluding hydrogens is 400 g/mol. The first-order valence-corrected chi connectivity index (χ1v) is 10.6. The Hall–Kier alpha value is -2.92. The van der Waals surface area contributed by atoms with Crippen molar-refractivity contribution in [2.75, 3.05) is 0 Å². The quantitative estimate of drug-likeness (QED) is 0.408. The summed E-state index contributed by atoms with van der Waals surface area (Å²) in [5.74, 6) is 0.0603. The topological polar surface area (TPSA) is 59.0 Å². The number of ether oxygens (including phenoxy) is 1. The molecule has 6 rings (SSSR count). The standard InChI is InChI=1S/C24H21ClN2O3/c25-19-6-3-4-15(12-19)14-30-20-7-2-1-5-18(20)13-26-27-23(28)21-16-8-9-17(11-10-16)22(21)24(27)29/h1-9,12-13,16-17,21-22H,10-11,14H2/b26-13-/t16-,17-,21+,22+/m0/s1. The number of hydrogen-bond donors (Lipinski definition) is 0. The van der Waals surface area contributed by atoms with Crippen LogP contribution < -0.4 is 4.74 Å². The van der Waals surface area contributed by atoms with Gasteiger partial charge in [-0.3, -0.25) is 9.59 Å². The van der Waals surface area contributed by atoms with Crippen LogP contribution in [0.5, 0.6) is 5.75 Å². The smallest absolute Gasteiger partial charge is 0.254 e. The Morgan fingerprint density at radius 3 is 2.37 bits per heavy atom. The van der Waals surface area contributed by atoms with E-state index in [0.717, 1.165) is 23.4 Å². The number of allylic oxidation sites excluding steroid dienone is 2. The summed E-state index contributed by atoms with van der Waals surface area (Å²) < 4.78 is 5.94. The van der Waals surface area contributed by atoms with Crippen LogP contribution in [0.3, 0.4) is 0 Å². The van der Waals surface area contributed by atoms with Gasteiger partial charge in [-0.2, -0.15) is 10.1 Å². The average Bonchev–Trinajstić information content (AvgIpc) is 3.04. The zero-order valence-corrected chi connectivity index (χ0v) is 17.0. The highest BCUT2D eigenvalue weighted by atomic mass is 35.5. The van der Waals surface area contributed by atoms with Gasteiger partial charge >= 0.3 is 0 Å². The Kier molecular flexibility index (Phi) is 4.91. The summed E-state index contributed by atoms with van der Waals surface area (Å²) >= 11 is 6.03. The lowest BCUT2D eigenvalue weighted by molar-refractivity contribution is -0.140. The highest BCUT2D eigenvalue weighted by molar-refractivity contribution is 6.30. The SMILES string of the molecule is O=C1[C@H]2[C@H](C(=O)N1/N=C\c1ccccc1OCc1cccc(Cl)c1)[C@H]1C=C[C@H]2CC1. The summed E-state index contributed by atoms with van der Waals surface area (Å²) in [6.45, 7) is 0.353.